The van der Waals surface area contributed by atoms with E-state index in [0.29, 0.717) is 11.4 Å². The molecule has 0 spiro atoms. The van der Waals surface area contributed by atoms with E-state index in [-0.39, 0.29) is 5.56 Å². The number of aromatic carboxylic acids is 1. The van der Waals surface area contributed by atoms with E-state index >= 15 is 0 Å². The molecule has 150 valence electrons. The van der Waals surface area contributed by atoms with Gasteiger partial charge in [0.1, 0.15) is 5.76 Å². The number of pyridine rings is 2. The number of carboxylic acids is 1. The molecule has 5 nitrogen and oxygen atoms in total. The van der Waals surface area contributed by atoms with Crippen LogP contribution in [0.1, 0.15) is 66.8 Å². The summed E-state index contributed by atoms with van der Waals surface area (Å²) < 4.78 is 5.70. The van der Waals surface area contributed by atoms with E-state index in [1.165, 1.54) is 49.6 Å². The lowest BCUT2D eigenvalue weighted by Crippen LogP contribution is -1.98. The van der Waals surface area contributed by atoms with Crippen molar-refractivity contribution in [1.82, 2.24) is 9.97 Å². The molecule has 0 aliphatic rings. The van der Waals surface area contributed by atoms with Gasteiger partial charge in [0.15, 0.2) is 0 Å². The predicted octanol–water partition coefficient (Wildman–Crippen LogP) is 6.12. The van der Waals surface area contributed by atoms with Gasteiger partial charge in [0, 0.05) is 12.4 Å². The molecule has 0 aromatic carbocycles. The molecule has 0 bridgehead atoms. The van der Waals surface area contributed by atoms with Crippen LogP contribution in [0.25, 0.3) is 23.0 Å². The molecule has 0 aliphatic heterocycles. The molecular weight excluding hydrogens is 364 g/mol. The number of aryl methyl sites for hydroxylation is 1. The minimum Gasteiger partial charge on any atom is -0.478 e. The van der Waals surface area contributed by atoms with Crippen molar-refractivity contribution in [2.45, 2.75) is 46.0 Å². The van der Waals surface area contributed by atoms with Crippen LogP contribution in [-0.4, -0.2) is 21.0 Å². The molecule has 0 unspecified atom stereocenters. The zero-order chi connectivity index (χ0) is 20.6. The number of hydrogen-bond donors (Lipinski definition) is 1. The first kappa shape index (κ1) is 20.5. The third-order valence-corrected chi connectivity index (χ3v) is 4.84. The fraction of sp³-hybridized carbons (Fsp3) is 0.292. The van der Waals surface area contributed by atoms with Crippen molar-refractivity contribution in [3.8, 4) is 11.4 Å². The fourth-order valence-electron chi connectivity index (χ4n) is 3.17. The van der Waals surface area contributed by atoms with E-state index in [0.717, 1.165) is 23.3 Å². The molecule has 3 heterocycles. The van der Waals surface area contributed by atoms with Crippen molar-refractivity contribution >= 4 is 17.6 Å². The van der Waals surface area contributed by atoms with Crippen LogP contribution in [0.3, 0.4) is 0 Å². The molecule has 0 fully saturated rings. The monoisotopic (exact) mass is 390 g/mol. The van der Waals surface area contributed by atoms with Crippen molar-refractivity contribution in [3.63, 3.8) is 0 Å². The number of allylic oxidation sites excluding steroid dienone is 1. The third-order valence-electron chi connectivity index (χ3n) is 4.84. The highest BCUT2D eigenvalue weighted by atomic mass is 16.4. The summed E-state index contributed by atoms with van der Waals surface area (Å²) in [5.74, 6) is -0.151. The molecule has 29 heavy (non-hydrogen) atoms. The third kappa shape index (κ3) is 5.64. The Morgan fingerprint density at radius 2 is 1.72 bits per heavy atom. The van der Waals surface area contributed by atoms with Gasteiger partial charge in [-0.1, -0.05) is 26.2 Å². The molecule has 3 rings (SSSR count). The van der Waals surface area contributed by atoms with E-state index in [1.807, 2.05) is 31.4 Å². The maximum Gasteiger partial charge on any atom is 0.335 e. The van der Waals surface area contributed by atoms with Crippen LogP contribution < -0.4 is 0 Å². The van der Waals surface area contributed by atoms with Crippen molar-refractivity contribution in [2.75, 3.05) is 0 Å². The average molecular weight is 390 g/mol. The van der Waals surface area contributed by atoms with Gasteiger partial charge in [0.2, 0.25) is 0 Å². The predicted molar refractivity (Wildman–Crippen MR) is 115 cm³/mol. The zero-order valence-electron chi connectivity index (χ0n) is 16.9. The maximum atomic E-state index is 11.2. The highest BCUT2D eigenvalue weighted by Gasteiger charge is 2.09. The summed E-state index contributed by atoms with van der Waals surface area (Å²) in [5, 5.41) is 9.18. The molecular formula is C24H26N2O3. The lowest BCUT2D eigenvalue weighted by molar-refractivity contribution is 0.0697. The van der Waals surface area contributed by atoms with E-state index in [2.05, 4.69) is 23.0 Å². The maximum absolute atomic E-state index is 11.2. The van der Waals surface area contributed by atoms with E-state index in [4.69, 9.17) is 4.42 Å². The van der Waals surface area contributed by atoms with Crippen LogP contribution >= 0.6 is 0 Å². The lowest BCUT2D eigenvalue weighted by atomic mass is 10.0. The molecule has 1 N–H and O–H groups in total. The molecule has 3 aromatic rings. The molecule has 0 aliphatic carbocycles. The minimum atomic E-state index is -0.982. The number of aromatic nitrogens is 2. The van der Waals surface area contributed by atoms with Crippen LogP contribution in [0.15, 0.2) is 53.4 Å². The molecule has 5 heteroatoms. The Morgan fingerprint density at radius 1 is 1.03 bits per heavy atom. The Bertz CT molecular complexity index is 1000. The summed E-state index contributed by atoms with van der Waals surface area (Å²) in [4.78, 5) is 19.8. The molecule has 0 saturated carbocycles. The Kier molecular flexibility index (Phi) is 6.95. The molecule has 3 aromatic heterocycles. The van der Waals surface area contributed by atoms with Gasteiger partial charge in [-0.15, -0.1) is 0 Å². The van der Waals surface area contributed by atoms with Crippen LogP contribution in [0.4, 0.5) is 0 Å². The number of carbonyl (C=O) groups is 1. The number of carboxylic acid groups (broad SMARTS) is 1. The second kappa shape index (κ2) is 9.82. The molecule has 0 atom stereocenters. The highest BCUT2D eigenvalue weighted by molar-refractivity contribution is 5.88. The summed E-state index contributed by atoms with van der Waals surface area (Å²) >= 11 is 0. The van der Waals surface area contributed by atoms with Crippen LogP contribution in [0.5, 0.6) is 0 Å². The normalized spacial score (nSPS) is 11.6. The smallest absolute Gasteiger partial charge is 0.335 e. The Hall–Kier alpha value is -3.21. The first-order chi connectivity index (χ1) is 14.1. The van der Waals surface area contributed by atoms with Gasteiger partial charge >= 0.3 is 5.97 Å². The summed E-state index contributed by atoms with van der Waals surface area (Å²) in [6, 6.07) is 8.93. The van der Waals surface area contributed by atoms with Gasteiger partial charge in [-0.25, -0.2) is 4.79 Å². The van der Waals surface area contributed by atoms with Crippen LogP contribution in [-0.2, 0) is 6.42 Å². The lowest BCUT2D eigenvalue weighted by Gasteiger charge is -2.05. The van der Waals surface area contributed by atoms with Crippen molar-refractivity contribution < 1.29 is 14.3 Å². The second-order valence-corrected chi connectivity index (χ2v) is 7.16. The SMILES string of the molecule is CCCCCCc1coc(/C=C(\C)c2ccnc(-c3cc(C(=O)O)ccn3)c2)c1. The minimum absolute atomic E-state index is 0.191. The quantitative estimate of drug-likeness (QED) is 0.446. The number of rotatable bonds is 9. The van der Waals surface area contributed by atoms with E-state index in [9.17, 15) is 9.90 Å². The van der Waals surface area contributed by atoms with Gasteiger partial charge < -0.3 is 9.52 Å². The van der Waals surface area contributed by atoms with Gasteiger partial charge in [-0.3, -0.25) is 9.97 Å². The number of unbranched alkanes of at least 4 members (excludes halogenated alkanes) is 3. The topological polar surface area (TPSA) is 76.2 Å². The number of nitrogens with zero attached hydrogens (tertiary/aromatic N) is 2. The number of hydrogen-bond acceptors (Lipinski definition) is 4. The zero-order valence-corrected chi connectivity index (χ0v) is 16.9. The van der Waals surface area contributed by atoms with Crippen molar-refractivity contribution in [3.05, 3.63) is 71.4 Å². The Balaban J connectivity index is 1.75. The summed E-state index contributed by atoms with van der Waals surface area (Å²) in [5.41, 5.74) is 4.61. The van der Waals surface area contributed by atoms with E-state index < -0.39 is 5.97 Å². The highest BCUT2D eigenvalue weighted by Crippen LogP contribution is 2.23. The Labute approximate surface area is 171 Å². The van der Waals surface area contributed by atoms with Gasteiger partial charge in [0.05, 0.1) is 23.2 Å². The van der Waals surface area contributed by atoms with Gasteiger partial charge in [-0.2, -0.15) is 0 Å². The average Bonchev–Trinajstić information content (AvgIpc) is 3.18. The summed E-state index contributed by atoms with van der Waals surface area (Å²) in [6.45, 7) is 4.23. The van der Waals surface area contributed by atoms with Crippen LogP contribution in [0.2, 0.25) is 0 Å². The van der Waals surface area contributed by atoms with Crippen molar-refractivity contribution in [2.24, 2.45) is 0 Å². The second-order valence-electron chi connectivity index (χ2n) is 7.16. The van der Waals surface area contributed by atoms with Crippen LogP contribution in [0, 0.1) is 0 Å². The van der Waals surface area contributed by atoms with Gasteiger partial charge in [-0.05, 0) is 72.9 Å². The van der Waals surface area contributed by atoms with E-state index in [1.54, 1.807) is 6.20 Å². The molecule has 0 saturated heterocycles. The van der Waals surface area contributed by atoms with Gasteiger partial charge in [0.25, 0.3) is 0 Å². The first-order valence-corrected chi connectivity index (χ1v) is 9.98. The summed E-state index contributed by atoms with van der Waals surface area (Å²) in [6.07, 6.45) is 13.0. The number of furan rings is 1. The Morgan fingerprint density at radius 3 is 2.41 bits per heavy atom. The molecule has 0 amide bonds. The molecule has 0 radical (unpaired) electrons. The largest absolute Gasteiger partial charge is 0.478 e. The first-order valence-electron chi connectivity index (χ1n) is 9.98. The standard InChI is InChI=1S/C24H26N2O3/c1-3-4-5-6-7-18-13-21(29-16-18)12-17(2)19-8-10-25-22(14-19)23-15-20(24(27)28)9-11-26-23/h8-16H,3-7H2,1-2H3,(H,27,28)/b17-12+. The van der Waals surface area contributed by atoms with Crippen molar-refractivity contribution in [1.29, 1.82) is 0 Å². The summed E-state index contributed by atoms with van der Waals surface area (Å²) in [7, 11) is 0. The fourth-order valence-corrected chi connectivity index (χ4v) is 3.17.